The van der Waals surface area contributed by atoms with Gasteiger partial charge in [0, 0.05) is 22.5 Å². The summed E-state index contributed by atoms with van der Waals surface area (Å²) in [4.78, 5) is 36.2. The third kappa shape index (κ3) is 6.83. The highest BCUT2D eigenvalue weighted by atomic mass is 79.9. The average Bonchev–Trinajstić information content (AvgIpc) is 2.69. The number of rotatable bonds is 8. The Bertz CT molecular complexity index is 910. The molecule has 154 valence electrons. The predicted octanol–water partition coefficient (Wildman–Crippen LogP) is 3.78. The van der Waals surface area contributed by atoms with E-state index in [-0.39, 0.29) is 24.9 Å². The first-order valence-electron chi connectivity index (χ1n) is 8.65. The molecule has 0 aromatic heterocycles. The molecule has 0 radical (unpaired) electrons. The van der Waals surface area contributed by atoms with Crippen LogP contribution in [-0.4, -0.2) is 31.4 Å². The lowest BCUT2D eigenvalue weighted by Crippen LogP contribution is -2.34. The van der Waals surface area contributed by atoms with Gasteiger partial charge in [-0.15, -0.1) is 0 Å². The third-order valence-corrected chi connectivity index (χ3v) is 5.06. The number of esters is 1. The number of nitrogens with one attached hydrogen (secondary N) is 2. The molecule has 0 bridgehead atoms. The van der Waals surface area contributed by atoms with Gasteiger partial charge >= 0.3 is 5.97 Å². The van der Waals surface area contributed by atoms with Crippen LogP contribution in [0.5, 0.6) is 0 Å². The zero-order chi connectivity index (χ0) is 21.4. The van der Waals surface area contributed by atoms with E-state index in [1.165, 1.54) is 19.2 Å². The van der Waals surface area contributed by atoms with Gasteiger partial charge in [-0.1, -0.05) is 29.8 Å². The molecule has 0 fully saturated rings. The average molecular weight is 486 g/mol. The smallest absolute Gasteiger partial charge is 0.307 e. The number of benzene rings is 2. The monoisotopic (exact) mass is 484 g/mol. The van der Waals surface area contributed by atoms with Crippen LogP contribution in [0.2, 0.25) is 5.02 Å². The van der Waals surface area contributed by atoms with Gasteiger partial charge in [0.2, 0.25) is 5.91 Å². The summed E-state index contributed by atoms with van der Waals surface area (Å²) in [5, 5.41) is 5.70. The summed E-state index contributed by atoms with van der Waals surface area (Å²) in [7, 11) is 1.26. The normalized spacial score (nSPS) is 11.4. The maximum absolute atomic E-state index is 13.3. The molecule has 0 saturated heterocycles. The number of hydrogen-bond donors (Lipinski definition) is 2. The van der Waals surface area contributed by atoms with Crippen molar-refractivity contribution in [3.63, 3.8) is 0 Å². The summed E-state index contributed by atoms with van der Waals surface area (Å²) in [5.41, 5.74) is 0.714. The van der Waals surface area contributed by atoms with Crippen molar-refractivity contribution in [2.24, 2.45) is 0 Å². The van der Waals surface area contributed by atoms with Gasteiger partial charge < -0.3 is 15.4 Å². The van der Waals surface area contributed by atoms with Gasteiger partial charge in [0.15, 0.2) is 0 Å². The summed E-state index contributed by atoms with van der Waals surface area (Å²) >= 11 is 9.36. The number of ether oxygens (including phenoxy) is 1. The Labute approximate surface area is 180 Å². The van der Waals surface area contributed by atoms with E-state index in [1.807, 2.05) is 0 Å². The molecule has 1 atom stereocenters. The molecule has 0 spiro atoms. The first-order chi connectivity index (χ1) is 13.8. The minimum absolute atomic E-state index is 0.0289. The van der Waals surface area contributed by atoms with Crippen LogP contribution in [0.1, 0.15) is 34.8 Å². The number of methoxy groups -OCH3 is 1. The van der Waals surface area contributed by atoms with Gasteiger partial charge in [-0.25, -0.2) is 4.39 Å². The number of hydrogen-bond acceptors (Lipinski definition) is 4. The summed E-state index contributed by atoms with van der Waals surface area (Å²) in [6.07, 6.45) is -0.130. The van der Waals surface area contributed by atoms with Crippen LogP contribution >= 0.6 is 27.5 Å². The molecule has 29 heavy (non-hydrogen) atoms. The Morgan fingerprint density at radius 3 is 2.62 bits per heavy atom. The van der Waals surface area contributed by atoms with Crippen molar-refractivity contribution in [3.05, 3.63) is 68.9 Å². The lowest BCUT2D eigenvalue weighted by Gasteiger charge is -2.19. The highest BCUT2D eigenvalue weighted by Crippen LogP contribution is 2.25. The topological polar surface area (TPSA) is 84.5 Å². The number of carbonyl (C=O) groups excluding carboxylic acids is 3. The van der Waals surface area contributed by atoms with E-state index < -0.39 is 29.6 Å². The van der Waals surface area contributed by atoms with Gasteiger partial charge in [0.25, 0.3) is 5.91 Å². The highest BCUT2D eigenvalue weighted by Gasteiger charge is 2.21. The molecule has 0 aliphatic carbocycles. The molecule has 9 heteroatoms. The van der Waals surface area contributed by atoms with Crippen LogP contribution in [0.4, 0.5) is 4.39 Å². The van der Waals surface area contributed by atoms with Gasteiger partial charge in [0.1, 0.15) is 5.82 Å². The zero-order valence-electron chi connectivity index (χ0n) is 15.5. The lowest BCUT2D eigenvalue weighted by atomic mass is 10.0. The Hall–Kier alpha value is -2.45. The predicted molar refractivity (Wildman–Crippen MR) is 110 cm³/mol. The molecule has 2 aromatic carbocycles. The van der Waals surface area contributed by atoms with E-state index in [4.69, 9.17) is 11.6 Å². The summed E-state index contributed by atoms with van der Waals surface area (Å²) in [5.74, 6) is -1.94. The SMILES string of the molecule is COC(=O)CC(NC(=O)CCNC(=O)c1cc(F)ccc1Br)c1ccccc1Cl. The van der Waals surface area contributed by atoms with E-state index >= 15 is 0 Å². The molecule has 0 aliphatic rings. The largest absolute Gasteiger partial charge is 0.469 e. The second kappa shape index (κ2) is 10.9. The van der Waals surface area contributed by atoms with Crippen molar-refractivity contribution in [1.82, 2.24) is 10.6 Å². The first kappa shape index (κ1) is 22.8. The summed E-state index contributed by atoms with van der Waals surface area (Å²) in [6.45, 7) is 0.0289. The molecule has 1 unspecified atom stereocenters. The van der Waals surface area contributed by atoms with Crippen molar-refractivity contribution in [3.8, 4) is 0 Å². The summed E-state index contributed by atoms with van der Waals surface area (Å²) in [6, 6.07) is 9.93. The number of amides is 2. The fraction of sp³-hybridized carbons (Fsp3) is 0.250. The molecular formula is C20H19BrClFN2O4. The summed E-state index contributed by atoms with van der Waals surface area (Å²) < 4.78 is 18.4. The standard InChI is InChI=1S/C20H19BrClFN2O4/c1-29-19(27)11-17(13-4-2-3-5-16(13)22)25-18(26)8-9-24-20(28)14-10-12(23)6-7-15(14)21/h2-7,10,17H,8-9,11H2,1H3,(H,24,28)(H,25,26). The van der Waals surface area contributed by atoms with Crippen LogP contribution in [0.15, 0.2) is 46.9 Å². The van der Waals surface area contributed by atoms with Crippen LogP contribution in [0.3, 0.4) is 0 Å². The maximum atomic E-state index is 13.3. The molecule has 2 N–H and O–H groups in total. The molecule has 2 amide bonds. The van der Waals surface area contributed by atoms with Crippen LogP contribution in [0.25, 0.3) is 0 Å². The number of carbonyl (C=O) groups is 3. The minimum Gasteiger partial charge on any atom is -0.469 e. The minimum atomic E-state index is -0.670. The van der Waals surface area contributed by atoms with Crippen LogP contribution in [-0.2, 0) is 14.3 Å². The van der Waals surface area contributed by atoms with Crippen molar-refractivity contribution < 1.29 is 23.5 Å². The fourth-order valence-electron chi connectivity index (χ4n) is 2.57. The molecule has 0 heterocycles. The fourth-order valence-corrected chi connectivity index (χ4v) is 3.26. The first-order valence-corrected chi connectivity index (χ1v) is 9.82. The molecule has 2 aromatic rings. The van der Waals surface area contributed by atoms with Crippen molar-refractivity contribution >= 4 is 45.3 Å². The highest BCUT2D eigenvalue weighted by molar-refractivity contribution is 9.10. The van der Waals surface area contributed by atoms with Crippen molar-refractivity contribution in [1.29, 1.82) is 0 Å². The Morgan fingerprint density at radius 2 is 1.93 bits per heavy atom. The Kier molecular flexibility index (Phi) is 8.60. The zero-order valence-corrected chi connectivity index (χ0v) is 17.8. The van der Waals surface area contributed by atoms with E-state index in [9.17, 15) is 18.8 Å². The van der Waals surface area contributed by atoms with Gasteiger partial charge in [-0.2, -0.15) is 0 Å². The maximum Gasteiger partial charge on any atom is 0.307 e. The van der Waals surface area contributed by atoms with Crippen molar-refractivity contribution in [2.75, 3.05) is 13.7 Å². The lowest BCUT2D eigenvalue weighted by molar-refractivity contribution is -0.141. The molecule has 2 rings (SSSR count). The van der Waals surface area contributed by atoms with Gasteiger partial charge in [-0.3, -0.25) is 14.4 Å². The van der Waals surface area contributed by atoms with Crippen molar-refractivity contribution in [2.45, 2.75) is 18.9 Å². The van der Waals surface area contributed by atoms with Crippen LogP contribution < -0.4 is 10.6 Å². The molecule has 0 saturated carbocycles. The molecule has 6 nitrogen and oxygen atoms in total. The number of halogens is 3. The van der Waals surface area contributed by atoms with E-state index in [0.717, 1.165) is 6.07 Å². The Balaban J connectivity index is 1.96. The van der Waals surface area contributed by atoms with E-state index in [2.05, 4.69) is 31.3 Å². The molecule has 0 aliphatic heterocycles. The van der Waals surface area contributed by atoms with E-state index in [0.29, 0.717) is 15.1 Å². The third-order valence-electron chi connectivity index (χ3n) is 4.02. The Morgan fingerprint density at radius 1 is 1.21 bits per heavy atom. The quantitative estimate of drug-likeness (QED) is 0.557. The second-order valence-electron chi connectivity index (χ2n) is 6.05. The van der Waals surface area contributed by atoms with Gasteiger partial charge in [0.05, 0.1) is 25.1 Å². The van der Waals surface area contributed by atoms with E-state index in [1.54, 1.807) is 24.3 Å². The second-order valence-corrected chi connectivity index (χ2v) is 7.31. The van der Waals surface area contributed by atoms with Gasteiger partial charge in [-0.05, 0) is 45.8 Å². The molecular weight excluding hydrogens is 467 g/mol. The van der Waals surface area contributed by atoms with Crippen LogP contribution in [0, 0.1) is 5.82 Å².